The summed E-state index contributed by atoms with van der Waals surface area (Å²) >= 11 is 11.9. The lowest BCUT2D eigenvalue weighted by molar-refractivity contribution is -0.139. The molecule has 1 aliphatic heterocycles. The summed E-state index contributed by atoms with van der Waals surface area (Å²) in [4.78, 5) is 26.2. The summed E-state index contributed by atoms with van der Waals surface area (Å²) in [6.07, 6.45) is 5.25. The van der Waals surface area contributed by atoms with Gasteiger partial charge in [0.15, 0.2) is 0 Å². The predicted octanol–water partition coefficient (Wildman–Crippen LogP) is 5.35. The fourth-order valence-corrected chi connectivity index (χ4v) is 3.54. The van der Waals surface area contributed by atoms with E-state index in [0.29, 0.717) is 48.2 Å². The van der Waals surface area contributed by atoms with E-state index in [1.165, 1.54) is 7.11 Å². The van der Waals surface area contributed by atoms with Crippen molar-refractivity contribution >= 4 is 35.1 Å². The highest BCUT2D eigenvalue weighted by Gasteiger charge is 2.23. The SMILES string of the molecule is COC(=O)[C]1CCCCCN(C(=O)CCCOc2ccc(Cl)cc2Cl)CC1.[CH2].[CH2]. The van der Waals surface area contributed by atoms with Crippen LogP contribution in [0.3, 0.4) is 0 Å². The molecule has 2 rings (SSSR count). The van der Waals surface area contributed by atoms with E-state index < -0.39 is 0 Å². The van der Waals surface area contributed by atoms with E-state index in [1.807, 2.05) is 4.90 Å². The number of halogens is 2. The molecule has 1 saturated heterocycles. The molecule has 1 heterocycles. The number of hydrogen-bond donors (Lipinski definition) is 0. The third-order valence-electron chi connectivity index (χ3n) is 4.60. The van der Waals surface area contributed by atoms with Crippen LogP contribution < -0.4 is 4.74 Å². The van der Waals surface area contributed by atoms with Crippen LogP contribution in [-0.4, -0.2) is 43.6 Å². The number of carbonyl (C=O) groups excluding carboxylic acids is 2. The lowest BCUT2D eigenvalue weighted by Crippen LogP contribution is -2.34. The average molecular weight is 443 g/mol. The molecule has 0 N–H and O–H groups in total. The highest BCUT2D eigenvalue weighted by atomic mass is 35.5. The third kappa shape index (κ3) is 9.26. The van der Waals surface area contributed by atoms with Gasteiger partial charge in [0.25, 0.3) is 0 Å². The van der Waals surface area contributed by atoms with Crippen LogP contribution in [-0.2, 0) is 14.3 Å². The first-order valence-corrected chi connectivity index (χ1v) is 10.1. The highest BCUT2D eigenvalue weighted by molar-refractivity contribution is 6.35. The van der Waals surface area contributed by atoms with Gasteiger partial charge < -0.3 is 14.4 Å². The van der Waals surface area contributed by atoms with Crippen LogP contribution in [0.4, 0.5) is 0 Å². The average Bonchev–Trinajstić information content (AvgIpc) is 2.78. The van der Waals surface area contributed by atoms with Crippen molar-refractivity contribution in [1.29, 1.82) is 0 Å². The van der Waals surface area contributed by atoms with Crippen LogP contribution >= 0.6 is 23.2 Å². The van der Waals surface area contributed by atoms with Gasteiger partial charge in [0.1, 0.15) is 5.75 Å². The highest BCUT2D eigenvalue weighted by Crippen LogP contribution is 2.27. The van der Waals surface area contributed by atoms with E-state index in [0.717, 1.165) is 38.1 Å². The monoisotopic (exact) mass is 442 g/mol. The van der Waals surface area contributed by atoms with Crippen molar-refractivity contribution in [1.82, 2.24) is 4.90 Å². The standard InChI is InChI=1S/C20H26Cl2NO4.2CH2/c1-26-20(25)15-6-3-2-4-11-23(12-10-15)19(24)7-5-13-27-18-9-8-16(21)14-17(18)22;;/h8-9,14H,2-7,10-13H2,1H3;2*1H2. The molecule has 0 spiro atoms. The summed E-state index contributed by atoms with van der Waals surface area (Å²) in [6, 6.07) is 5.06. The number of nitrogens with zero attached hydrogens (tertiary/aromatic N) is 1. The predicted molar refractivity (Wildman–Crippen MR) is 117 cm³/mol. The van der Waals surface area contributed by atoms with Gasteiger partial charge in [0.05, 0.1) is 24.7 Å². The van der Waals surface area contributed by atoms with Crippen LogP contribution in [0.1, 0.15) is 44.9 Å². The van der Waals surface area contributed by atoms with Crippen molar-refractivity contribution in [3.63, 3.8) is 0 Å². The lowest BCUT2D eigenvalue weighted by atomic mass is 9.98. The molecule has 29 heavy (non-hydrogen) atoms. The van der Waals surface area contributed by atoms with Crippen molar-refractivity contribution in [3.05, 3.63) is 49.0 Å². The Morgan fingerprint density at radius 2 is 1.83 bits per heavy atom. The molecule has 0 atom stereocenters. The molecule has 1 amide bonds. The first kappa shape index (κ1) is 27.5. The summed E-state index contributed by atoms with van der Waals surface area (Å²) in [5.74, 6) is 1.18. The van der Waals surface area contributed by atoms with Crippen molar-refractivity contribution in [2.45, 2.75) is 44.9 Å². The quantitative estimate of drug-likeness (QED) is 0.440. The van der Waals surface area contributed by atoms with Gasteiger partial charge in [-0.15, -0.1) is 0 Å². The molecule has 0 unspecified atom stereocenters. The largest absolute Gasteiger partial charge is 0.492 e. The summed E-state index contributed by atoms with van der Waals surface area (Å²) in [6.45, 7) is 1.70. The second-order valence-electron chi connectivity index (χ2n) is 6.56. The zero-order chi connectivity index (χ0) is 19.6. The van der Waals surface area contributed by atoms with Crippen LogP contribution in [0.2, 0.25) is 10.0 Å². The van der Waals surface area contributed by atoms with E-state index in [9.17, 15) is 9.59 Å². The van der Waals surface area contributed by atoms with Crippen LogP contribution in [0.5, 0.6) is 5.75 Å². The van der Waals surface area contributed by atoms with E-state index >= 15 is 0 Å². The molecule has 0 saturated carbocycles. The molecule has 1 aliphatic rings. The minimum absolute atomic E-state index is 0. The Morgan fingerprint density at radius 1 is 1.07 bits per heavy atom. The summed E-state index contributed by atoms with van der Waals surface area (Å²) in [7, 11) is 1.40. The molecule has 1 fully saturated rings. The van der Waals surface area contributed by atoms with Gasteiger partial charge in [-0.25, -0.2) is 0 Å². The fraction of sp³-hybridized carbons (Fsp3) is 0.500. The second kappa shape index (κ2) is 14.5. The molecule has 161 valence electrons. The topological polar surface area (TPSA) is 55.8 Å². The molecule has 0 aromatic heterocycles. The smallest absolute Gasteiger partial charge is 0.313 e. The van der Waals surface area contributed by atoms with E-state index in [-0.39, 0.29) is 26.7 Å². The van der Waals surface area contributed by atoms with Crippen LogP contribution in [0.15, 0.2) is 18.2 Å². The number of esters is 1. The van der Waals surface area contributed by atoms with E-state index in [1.54, 1.807) is 18.2 Å². The number of carbonyl (C=O) groups is 2. The van der Waals surface area contributed by atoms with Crippen molar-refractivity contribution in [2.75, 3.05) is 26.8 Å². The van der Waals surface area contributed by atoms with Crippen molar-refractivity contribution < 1.29 is 19.1 Å². The van der Waals surface area contributed by atoms with Gasteiger partial charge in [-0.1, -0.05) is 50.9 Å². The maximum absolute atomic E-state index is 12.5. The summed E-state index contributed by atoms with van der Waals surface area (Å²) in [5, 5.41) is 1.01. The van der Waals surface area contributed by atoms with Crippen molar-refractivity contribution in [3.8, 4) is 5.75 Å². The molecule has 1 aromatic rings. The number of rotatable bonds is 6. The Bertz CT molecular complexity index is 639. The molecule has 5 radical (unpaired) electrons. The minimum Gasteiger partial charge on any atom is -0.492 e. The van der Waals surface area contributed by atoms with Crippen molar-refractivity contribution in [2.24, 2.45) is 0 Å². The molecule has 7 heteroatoms. The summed E-state index contributed by atoms with van der Waals surface area (Å²) in [5.41, 5.74) is 0. The summed E-state index contributed by atoms with van der Waals surface area (Å²) < 4.78 is 10.5. The number of methoxy groups -OCH3 is 1. The van der Waals surface area contributed by atoms with Gasteiger partial charge >= 0.3 is 5.97 Å². The first-order valence-electron chi connectivity index (χ1n) is 9.30. The molecule has 1 aromatic carbocycles. The first-order chi connectivity index (χ1) is 13.0. The molecule has 0 bridgehead atoms. The van der Waals surface area contributed by atoms with E-state index in [4.69, 9.17) is 32.7 Å². The van der Waals surface area contributed by atoms with Gasteiger partial charge in [0.2, 0.25) is 5.91 Å². The zero-order valence-corrected chi connectivity index (χ0v) is 18.6. The Kier molecular flexibility index (Phi) is 13.8. The number of amides is 1. The normalized spacial score (nSPS) is 15.1. The number of ether oxygens (including phenoxy) is 2. The van der Waals surface area contributed by atoms with Gasteiger partial charge in [0, 0.05) is 24.5 Å². The number of benzene rings is 1. The van der Waals surface area contributed by atoms with Crippen LogP contribution in [0, 0.1) is 20.8 Å². The number of hydrogen-bond acceptors (Lipinski definition) is 4. The van der Waals surface area contributed by atoms with E-state index in [2.05, 4.69) is 0 Å². The van der Waals surface area contributed by atoms with Crippen LogP contribution in [0.25, 0.3) is 0 Å². The Morgan fingerprint density at radius 3 is 2.52 bits per heavy atom. The van der Waals surface area contributed by atoms with Gasteiger partial charge in [-0.05, 0) is 43.9 Å². The Hall–Kier alpha value is -1.46. The van der Waals surface area contributed by atoms with Gasteiger partial charge in [-0.2, -0.15) is 0 Å². The molecule has 5 nitrogen and oxygen atoms in total. The molecule has 0 aliphatic carbocycles. The molecular formula is C22H30Cl2NO4. The van der Waals surface area contributed by atoms with Gasteiger partial charge in [-0.3, -0.25) is 9.59 Å². The minimum atomic E-state index is -0.252. The maximum Gasteiger partial charge on any atom is 0.313 e. The second-order valence-corrected chi connectivity index (χ2v) is 7.41. The third-order valence-corrected chi connectivity index (χ3v) is 5.13. The fourth-order valence-electron chi connectivity index (χ4n) is 3.08. The maximum atomic E-state index is 12.5. The molecular weight excluding hydrogens is 413 g/mol. The Balaban J connectivity index is 0.00000392. The zero-order valence-electron chi connectivity index (χ0n) is 17.1. The lowest BCUT2D eigenvalue weighted by Gasteiger charge is -2.23. The Labute approximate surface area is 185 Å².